The van der Waals surface area contributed by atoms with Gasteiger partial charge in [0.1, 0.15) is 19.0 Å². The summed E-state index contributed by atoms with van der Waals surface area (Å²) in [5.74, 6) is -0.848. The molecule has 0 N–H and O–H groups in total. The average Bonchev–Trinajstić information content (AvgIpc) is 3.12. The zero-order valence-electron chi connectivity index (χ0n) is 15.6. The first-order chi connectivity index (χ1) is 12.9. The Kier molecular flexibility index (Phi) is 5.48. The van der Waals surface area contributed by atoms with Crippen molar-refractivity contribution in [1.82, 2.24) is 24.4 Å². The Morgan fingerprint density at radius 2 is 2.11 bits per heavy atom. The Bertz CT molecular complexity index is 914. The summed E-state index contributed by atoms with van der Waals surface area (Å²) in [6, 6.07) is 0. The van der Waals surface area contributed by atoms with E-state index in [1.54, 1.807) is 25.7 Å². The first kappa shape index (κ1) is 18.9. The molecule has 1 saturated heterocycles. The summed E-state index contributed by atoms with van der Waals surface area (Å²) in [7, 11) is 0. The largest absolute Gasteiger partial charge is 0.470 e. The standard InChI is InChI=1S/C18H22FN5O3/c1-4-14-16(19)17(21-9-20-14)27-13-5-6-23(7-13)15(25)8-24-10-22-12(3)11(2)18(24)26/h9-10,13H,4-8H2,1-3H3. The fourth-order valence-electron chi connectivity index (χ4n) is 2.96. The Hall–Kier alpha value is -2.84. The van der Waals surface area contributed by atoms with Crippen LogP contribution in [0.4, 0.5) is 4.39 Å². The molecule has 144 valence electrons. The molecule has 8 nitrogen and oxygen atoms in total. The lowest BCUT2D eigenvalue weighted by molar-refractivity contribution is -0.131. The summed E-state index contributed by atoms with van der Waals surface area (Å²) < 4.78 is 21.1. The number of halogens is 1. The highest BCUT2D eigenvalue weighted by molar-refractivity contribution is 5.76. The van der Waals surface area contributed by atoms with Gasteiger partial charge < -0.3 is 9.64 Å². The third-order valence-electron chi connectivity index (χ3n) is 4.76. The Balaban J connectivity index is 1.63. The maximum atomic E-state index is 14.2. The minimum atomic E-state index is -0.558. The van der Waals surface area contributed by atoms with Gasteiger partial charge in [0.05, 0.1) is 18.6 Å². The molecule has 1 atom stereocenters. The van der Waals surface area contributed by atoms with Crippen molar-refractivity contribution in [3.63, 3.8) is 0 Å². The van der Waals surface area contributed by atoms with E-state index in [2.05, 4.69) is 15.0 Å². The average molecular weight is 375 g/mol. The van der Waals surface area contributed by atoms with E-state index in [0.717, 1.165) is 0 Å². The van der Waals surface area contributed by atoms with Crippen molar-refractivity contribution >= 4 is 5.91 Å². The van der Waals surface area contributed by atoms with Crippen LogP contribution in [0.2, 0.25) is 0 Å². The smallest absolute Gasteiger partial charge is 0.256 e. The van der Waals surface area contributed by atoms with Gasteiger partial charge in [-0.1, -0.05) is 6.92 Å². The molecule has 0 bridgehead atoms. The molecule has 3 heterocycles. The molecule has 9 heteroatoms. The number of amides is 1. The number of ether oxygens (including phenoxy) is 1. The van der Waals surface area contributed by atoms with Gasteiger partial charge in [-0.3, -0.25) is 14.2 Å². The van der Waals surface area contributed by atoms with Crippen molar-refractivity contribution in [1.29, 1.82) is 0 Å². The SMILES string of the molecule is CCc1ncnc(OC2CCN(C(=O)Cn3cnc(C)c(C)c3=O)C2)c1F. The maximum absolute atomic E-state index is 14.2. The number of nitrogens with zero attached hydrogens (tertiary/aromatic N) is 5. The van der Waals surface area contributed by atoms with E-state index in [1.807, 2.05) is 0 Å². The summed E-state index contributed by atoms with van der Waals surface area (Å²) in [6.07, 6.45) is 3.32. The second-order valence-corrected chi connectivity index (χ2v) is 6.55. The number of hydrogen-bond acceptors (Lipinski definition) is 6. The van der Waals surface area contributed by atoms with E-state index in [9.17, 15) is 14.0 Å². The molecule has 1 amide bonds. The van der Waals surface area contributed by atoms with Crippen LogP contribution in [0.5, 0.6) is 5.88 Å². The van der Waals surface area contributed by atoms with Gasteiger partial charge in [-0.25, -0.2) is 9.97 Å². The summed E-state index contributed by atoms with van der Waals surface area (Å²) in [4.78, 5) is 38.2. The van der Waals surface area contributed by atoms with Crippen molar-refractivity contribution in [2.45, 2.75) is 46.3 Å². The van der Waals surface area contributed by atoms with E-state index in [-0.39, 0.29) is 30.0 Å². The lowest BCUT2D eigenvalue weighted by Gasteiger charge is -2.18. The van der Waals surface area contributed by atoms with Crippen LogP contribution in [0, 0.1) is 19.7 Å². The van der Waals surface area contributed by atoms with E-state index in [1.165, 1.54) is 17.2 Å². The predicted molar refractivity (Wildman–Crippen MR) is 95.0 cm³/mol. The zero-order chi connectivity index (χ0) is 19.6. The normalized spacial score (nSPS) is 16.6. The van der Waals surface area contributed by atoms with Gasteiger partial charge in [0.2, 0.25) is 11.7 Å². The van der Waals surface area contributed by atoms with Crippen LogP contribution < -0.4 is 10.3 Å². The van der Waals surface area contributed by atoms with E-state index in [0.29, 0.717) is 42.9 Å². The van der Waals surface area contributed by atoms with Gasteiger partial charge in [-0.2, -0.15) is 9.37 Å². The molecular formula is C18H22FN5O3. The topological polar surface area (TPSA) is 90.2 Å². The second kappa shape index (κ2) is 7.81. The molecule has 0 radical (unpaired) electrons. The summed E-state index contributed by atoms with van der Waals surface area (Å²) in [5.41, 5.74) is 1.25. The number of carbonyl (C=O) groups excluding carboxylic acids is 1. The second-order valence-electron chi connectivity index (χ2n) is 6.55. The molecule has 1 aliphatic rings. The molecule has 27 heavy (non-hydrogen) atoms. The van der Waals surface area contributed by atoms with Crippen LogP contribution in [0.1, 0.15) is 30.3 Å². The number of rotatable bonds is 5. The molecule has 0 aromatic carbocycles. The lowest BCUT2D eigenvalue weighted by Crippen LogP contribution is -2.37. The highest BCUT2D eigenvalue weighted by Crippen LogP contribution is 2.21. The quantitative estimate of drug-likeness (QED) is 0.775. The molecule has 1 fully saturated rings. The van der Waals surface area contributed by atoms with Crippen molar-refractivity contribution < 1.29 is 13.9 Å². The van der Waals surface area contributed by atoms with Crippen molar-refractivity contribution in [3.8, 4) is 5.88 Å². The molecule has 0 spiro atoms. The monoisotopic (exact) mass is 375 g/mol. The summed E-state index contributed by atoms with van der Waals surface area (Å²) in [6.45, 7) is 5.95. The molecule has 2 aromatic heterocycles. The maximum Gasteiger partial charge on any atom is 0.256 e. The Morgan fingerprint density at radius 1 is 1.33 bits per heavy atom. The van der Waals surface area contributed by atoms with Gasteiger partial charge in [-0.15, -0.1) is 0 Å². The van der Waals surface area contributed by atoms with Crippen LogP contribution in [0.25, 0.3) is 0 Å². The Labute approximate surface area is 156 Å². The van der Waals surface area contributed by atoms with Gasteiger partial charge in [0.25, 0.3) is 11.4 Å². The van der Waals surface area contributed by atoms with E-state index in [4.69, 9.17) is 4.74 Å². The summed E-state index contributed by atoms with van der Waals surface area (Å²) in [5, 5.41) is 0. The fourth-order valence-corrected chi connectivity index (χ4v) is 2.96. The van der Waals surface area contributed by atoms with Crippen LogP contribution in [-0.4, -0.2) is 49.5 Å². The molecule has 3 rings (SSSR count). The third kappa shape index (κ3) is 3.96. The number of aryl methyl sites for hydroxylation is 2. The van der Waals surface area contributed by atoms with Crippen LogP contribution in [0.3, 0.4) is 0 Å². The number of carbonyl (C=O) groups is 1. The van der Waals surface area contributed by atoms with E-state index >= 15 is 0 Å². The summed E-state index contributed by atoms with van der Waals surface area (Å²) >= 11 is 0. The molecule has 1 unspecified atom stereocenters. The molecule has 0 saturated carbocycles. The lowest BCUT2D eigenvalue weighted by atomic mass is 10.3. The third-order valence-corrected chi connectivity index (χ3v) is 4.76. The van der Waals surface area contributed by atoms with Gasteiger partial charge in [0.15, 0.2) is 0 Å². The van der Waals surface area contributed by atoms with Crippen LogP contribution >= 0.6 is 0 Å². The number of likely N-dealkylation sites (tertiary alicyclic amines) is 1. The molecule has 2 aromatic rings. The first-order valence-electron chi connectivity index (χ1n) is 8.87. The zero-order valence-corrected chi connectivity index (χ0v) is 15.6. The molecule has 1 aliphatic heterocycles. The predicted octanol–water partition coefficient (Wildman–Crippen LogP) is 1.03. The van der Waals surface area contributed by atoms with Crippen LogP contribution in [-0.2, 0) is 17.8 Å². The van der Waals surface area contributed by atoms with Gasteiger partial charge in [-0.05, 0) is 20.3 Å². The number of aromatic nitrogens is 4. The fraction of sp³-hybridized carbons (Fsp3) is 0.500. The molecule has 0 aliphatic carbocycles. The minimum absolute atomic E-state index is 0.0818. The number of hydrogen-bond donors (Lipinski definition) is 0. The highest BCUT2D eigenvalue weighted by Gasteiger charge is 2.29. The van der Waals surface area contributed by atoms with Crippen molar-refractivity contribution in [2.24, 2.45) is 0 Å². The van der Waals surface area contributed by atoms with Crippen LogP contribution in [0.15, 0.2) is 17.4 Å². The molecular weight excluding hydrogens is 353 g/mol. The highest BCUT2D eigenvalue weighted by atomic mass is 19.1. The minimum Gasteiger partial charge on any atom is -0.470 e. The van der Waals surface area contributed by atoms with E-state index < -0.39 is 5.82 Å². The van der Waals surface area contributed by atoms with Gasteiger partial charge >= 0.3 is 0 Å². The first-order valence-corrected chi connectivity index (χ1v) is 8.87. The van der Waals surface area contributed by atoms with Gasteiger partial charge in [0, 0.05) is 24.2 Å². The van der Waals surface area contributed by atoms with Crippen molar-refractivity contribution in [3.05, 3.63) is 45.8 Å². The Morgan fingerprint density at radius 3 is 2.85 bits per heavy atom. The van der Waals surface area contributed by atoms with Crippen molar-refractivity contribution in [2.75, 3.05) is 13.1 Å².